The molecule has 1 amide bonds. The molecular weight excluding hydrogens is 330 g/mol. The van der Waals surface area contributed by atoms with Crippen LogP contribution in [0.2, 0.25) is 0 Å². The fourth-order valence-corrected chi connectivity index (χ4v) is 2.70. The van der Waals surface area contributed by atoms with Crippen LogP contribution in [0, 0.1) is 0 Å². The molecule has 0 fully saturated rings. The Hall–Kier alpha value is -1.14. The Labute approximate surface area is 125 Å². The van der Waals surface area contributed by atoms with E-state index in [-0.39, 0.29) is 11.9 Å². The maximum absolute atomic E-state index is 11.8. The van der Waals surface area contributed by atoms with Crippen molar-refractivity contribution in [2.24, 2.45) is 0 Å². The van der Waals surface area contributed by atoms with E-state index in [1.165, 1.54) is 13.2 Å². The van der Waals surface area contributed by atoms with Gasteiger partial charge in [-0.1, -0.05) is 0 Å². The van der Waals surface area contributed by atoms with Crippen LogP contribution in [-0.2, 0) is 14.3 Å². The summed E-state index contributed by atoms with van der Waals surface area (Å²) in [6, 6.07) is 3.88. The predicted octanol–water partition coefficient (Wildman–Crippen LogP) is 2.94. The van der Waals surface area contributed by atoms with E-state index < -0.39 is 0 Å². The molecule has 0 spiro atoms. The van der Waals surface area contributed by atoms with Gasteiger partial charge in [0.1, 0.15) is 0 Å². The molecule has 0 atom stereocenters. The number of amides is 1. The van der Waals surface area contributed by atoms with Gasteiger partial charge in [-0.25, -0.2) is 0 Å². The van der Waals surface area contributed by atoms with E-state index in [0.29, 0.717) is 19.4 Å². The van der Waals surface area contributed by atoms with E-state index in [1.54, 1.807) is 29.4 Å². The third-order valence-corrected chi connectivity index (χ3v) is 4.05. The first kappa shape index (κ1) is 15.9. The van der Waals surface area contributed by atoms with E-state index >= 15 is 0 Å². The molecule has 0 bridgehead atoms. The topological polar surface area (TPSA) is 46.6 Å². The molecule has 0 aliphatic carbocycles. The van der Waals surface area contributed by atoms with Crippen molar-refractivity contribution >= 4 is 45.2 Å². The van der Waals surface area contributed by atoms with Crippen molar-refractivity contribution in [3.05, 3.63) is 26.9 Å². The highest BCUT2D eigenvalue weighted by Gasteiger charge is 2.06. The molecule has 104 valence electrons. The minimum absolute atomic E-state index is 0.0746. The molecule has 0 unspecified atom stereocenters. The molecule has 6 heteroatoms. The molecule has 0 aromatic carbocycles. The second kappa shape index (κ2) is 8.12. The highest BCUT2D eigenvalue weighted by molar-refractivity contribution is 9.11. The lowest BCUT2D eigenvalue weighted by Crippen LogP contribution is -2.26. The van der Waals surface area contributed by atoms with E-state index in [0.717, 1.165) is 8.66 Å². The Kier molecular flexibility index (Phi) is 6.80. The second-order valence-electron chi connectivity index (χ2n) is 3.91. The molecule has 0 aliphatic heterocycles. The van der Waals surface area contributed by atoms with Crippen LogP contribution in [0.1, 0.15) is 17.7 Å². The van der Waals surface area contributed by atoms with Crippen LogP contribution in [0.3, 0.4) is 0 Å². The van der Waals surface area contributed by atoms with Crippen LogP contribution in [-0.4, -0.2) is 37.5 Å². The summed E-state index contributed by atoms with van der Waals surface area (Å²) in [6.07, 6.45) is 4.26. The normalized spacial score (nSPS) is 10.7. The van der Waals surface area contributed by atoms with Gasteiger partial charge in [0.2, 0.25) is 5.91 Å². The Balaban J connectivity index is 2.36. The third-order valence-electron chi connectivity index (χ3n) is 2.46. The van der Waals surface area contributed by atoms with Gasteiger partial charge >= 0.3 is 5.97 Å². The molecule has 19 heavy (non-hydrogen) atoms. The first-order valence-electron chi connectivity index (χ1n) is 5.78. The van der Waals surface area contributed by atoms with Crippen LogP contribution in [0.25, 0.3) is 6.08 Å². The summed E-state index contributed by atoms with van der Waals surface area (Å²) in [4.78, 5) is 25.3. The molecule has 0 saturated carbocycles. The number of carbonyl (C=O) groups excluding carboxylic acids is 2. The number of esters is 1. The van der Waals surface area contributed by atoms with Gasteiger partial charge in [0, 0.05) is 31.0 Å². The monoisotopic (exact) mass is 345 g/mol. The number of halogens is 1. The zero-order valence-electron chi connectivity index (χ0n) is 10.9. The predicted molar refractivity (Wildman–Crippen MR) is 79.9 cm³/mol. The van der Waals surface area contributed by atoms with Crippen molar-refractivity contribution in [1.29, 1.82) is 0 Å². The van der Waals surface area contributed by atoms with Crippen molar-refractivity contribution in [2.45, 2.75) is 12.8 Å². The van der Waals surface area contributed by atoms with Gasteiger partial charge in [0.25, 0.3) is 0 Å². The molecule has 0 radical (unpaired) electrons. The molecule has 1 aromatic rings. The summed E-state index contributed by atoms with van der Waals surface area (Å²) < 4.78 is 5.57. The van der Waals surface area contributed by atoms with Gasteiger partial charge < -0.3 is 9.64 Å². The summed E-state index contributed by atoms with van der Waals surface area (Å²) in [5.41, 5.74) is 0. The Morgan fingerprint density at radius 2 is 2.21 bits per heavy atom. The lowest BCUT2D eigenvalue weighted by molar-refractivity contribution is -0.141. The average molecular weight is 346 g/mol. The number of nitrogens with zero attached hydrogens (tertiary/aromatic N) is 1. The van der Waals surface area contributed by atoms with Gasteiger partial charge in [0.15, 0.2) is 0 Å². The Morgan fingerprint density at radius 3 is 2.79 bits per heavy atom. The van der Waals surface area contributed by atoms with E-state index in [2.05, 4.69) is 20.7 Å². The molecular formula is C13H16BrNO3S. The lowest BCUT2D eigenvalue weighted by atomic mass is 10.3. The molecule has 0 N–H and O–H groups in total. The minimum atomic E-state index is -0.250. The second-order valence-corrected chi connectivity index (χ2v) is 6.41. The zero-order chi connectivity index (χ0) is 14.3. The highest BCUT2D eigenvalue weighted by atomic mass is 79.9. The zero-order valence-corrected chi connectivity index (χ0v) is 13.3. The smallest absolute Gasteiger partial charge is 0.305 e. The number of hydrogen-bond donors (Lipinski definition) is 0. The van der Waals surface area contributed by atoms with Crippen molar-refractivity contribution in [3.63, 3.8) is 0 Å². The summed E-state index contributed by atoms with van der Waals surface area (Å²) in [5.74, 6) is -0.325. The number of carbonyl (C=O) groups is 2. The molecule has 0 aliphatic rings. The van der Waals surface area contributed by atoms with Crippen LogP contribution >= 0.6 is 27.3 Å². The number of rotatable bonds is 6. The number of hydrogen-bond acceptors (Lipinski definition) is 4. The van der Waals surface area contributed by atoms with Crippen molar-refractivity contribution < 1.29 is 14.3 Å². The summed E-state index contributed by atoms with van der Waals surface area (Å²) in [7, 11) is 3.08. The lowest BCUT2D eigenvalue weighted by Gasteiger charge is -2.14. The SMILES string of the molecule is COC(=O)CCCN(C)C(=O)/C=C\c1ccc(Br)s1. The van der Waals surface area contributed by atoms with Crippen LogP contribution in [0.5, 0.6) is 0 Å². The summed E-state index contributed by atoms with van der Waals surface area (Å²) in [6.45, 7) is 0.534. The third kappa shape index (κ3) is 6.02. The standard InChI is InChI=1S/C13H16BrNO3S/c1-15(9-3-4-13(17)18-2)12(16)8-6-10-5-7-11(14)19-10/h5-8H,3-4,9H2,1-2H3/b8-6-. The van der Waals surface area contributed by atoms with Gasteiger partial charge in [-0.15, -0.1) is 11.3 Å². The fourth-order valence-electron chi connectivity index (χ4n) is 1.37. The Morgan fingerprint density at radius 1 is 1.47 bits per heavy atom. The fraction of sp³-hybridized carbons (Fsp3) is 0.385. The largest absolute Gasteiger partial charge is 0.469 e. The first-order chi connectivity index (χ1) is 9.02. The molecule has 1 heterocycles. The van der Waals surface area contributed by atoms with Gasteiger partial charge in [-0.05, 0) is 40.6 Å². The Bertz CT molecular complexity index is 470. The van der Waals surface area contributed by atoms with Gasteiger partial charge in [-0.2, -0.15) is 0 Å². The van der Waals surface area contributed by atoms with E-state index in [1.807, 2.05) is 12.1 Å². The minimum Gasteiger partial charge on any atom is -0.469 e. The number of ether oxygens (including phenoxy) is 1. The van der Waals surface area contributed by atoms with E-state index in [9.17, 15) is 9.59 Å². The van der Waals surface area contributed by atoms with Crippen molar-refractivity contribution in [2.75, 3.05) is 20.7 Å². The maximum Gasteiger partial charge on any atom is 0.305 e. The highest BCUT2D eigenvalue weighted by Crippen LogP contribution is 2.22. The number of thiophene rings is 1. The van der Waals surface area contributed by atoms with Gasteiger partial charge in [-0.3, -0.25) is 9.59 Å². The van der Waals surface area contributed by atoms with Crippen LogP contribution in [0.15, 0.2) is 22.0 Å². The summed E-state index contributed by atoms with van der Waals surface area (Å²) >= 11 is 4.93. The number of methoxy groups -OCH3 is 1. The maximum atomic E-state index is 11.8. The average Bonchev–Trinajstić information content (AvgIpc) is 2.81. The molecule has 4 nitrogen and oxygen atoms in total. The van der Waals surface area contributed by atoms with Gasteiger partial charge in [0.05, 0.1) is 10.9 Å². The quantitative estimate of drug-likeness (QED) is 0.588. The number of likely N-dealkylation sites (N-methyl/N-ethyl adjacent to an activating group) is 1. The molecule has 0 saturated heterocycles. The summed E-state index contributed by atoms with van der Waals surface area (Å²) in [5, 5.41) is 0. The van der Waals surface area contributed by atoms with Crippen molar-refractivity contribution in [3.8, 4) is 0 Å². The van der Waals surface area contributed by atoms with Crippen LogP contribution < -0.4 is 0 Å². The van der Waals surface area contributed by atoms with Crippen molar-refractivity contribution in [1.82, 2.24) is 4.90 Å². The first-order valence-corrected chi connectivity index (χ1v) is 7.39. The van der Waals surface area contributed by atoms with E-state index in [4.69, 9.17) is 0 Å². The molecule has 1 aromatic heterocycles. The van der Waals surface area contributed by atoms with Crippen LogP contribution in [0.4, 0.5) is 0 Å². The molecule has 1 rings (SSSR count).